The highest BCUT2D eigenvalue weighted by Gasteiger charge is 2.28. The van der Waals surface area contributed by atoms with Crippen molar-refractivity contribution in [1.82, 2.24) is 0 Å². The van der Waals surface area contributed by atoms with Crippen LogP contribution in [0.25, 0.3) is 11.1 Å². The summed E-state index contributed by atoms with van der Waals surface area (Å²) in [6.07, 6.45) is -0.611. The Hall–Kier alpha value is -3.23. The molecule has 3 aromatic rings. The van der Waals surface area contributed by atoms with Gasteiger partial charge in [0.1, 0.15) is 13.2 Å². The number of para-hydroxylation sites is 2. The second-order valence-corrected chi connectivity index (χ2v) is 8.89. The van der Waals surface area contributed by atoms with Crippen molar-refractivity contribution in [3.05, 3.63) is 66.2 Å². The molecule has 4 rings (SSSR count). The molecule has 7 nitrogen and oxygen atoms in total. The Morgan fingerprint density at radius 1 is 0.938 bits per heavy atom. The SMILES string of the molecule is COc1cccc(-c2cccc3c2OC(COS(=O)(=O)c2ccc(C)cc2)CO3)c1OC. The Morgan fingerprint density at radius 3 is 2.38 bits per heavy atom. The lowest BCUT2D eigenvalue weighted by molar-refractivity contribution is 0.0561. The molecule has 1 aliphatic rings. The molecule has 1 aliphatic heterocycles. The van der Waals surface area contributed by atoms with E-state index in [-0.39, 0.29) is 18.1 Å². The van der Waals surface area contributed by atoms with Crippen LogP contribution in [0.3, 0.4) is 0 Å². The summed E-state index contributed by atoms with van der Waals surface area (Å²) in [5.41, 5.74) is 2.47. The van der Waals surface area contributed by atoms with Crippen molar-refractivity contribution in [2.24, 2.45) is 0 Å². The minimum atomic E-state index is -3.91. The molecule has 168 valence electrons. The topological polar surface area (TPSA) is 80.3 Å². The summed E-state index contributed by atoms with van der Waals surface area (Å²) in [6.45, 7) is 1.87. The molecule has 0 radical (unpaired) electrons. The van der Waals surface area contributed by atoms with Gasteiger partial charge in [0.15, 0.2) is 29.1 Å². The highest BCUT2D eigenvalue weighted by atomic mass is 32.2. The van der Waals surface area contributed by atoms with Gasteiger partial charge in [0.05, 0.1) is 19.1 Å². The van der Waals surface area contributed by atoms with Gasteiger partial charge in [0, 0.05) is 11.1 Å². The molecule has 0 saturated heterocycles. The summed E-state index contributed by atoms with van der Waals surface area (Å²) in [7, 11) is -0.765. The maximum absolute atomic E-state index is 12.5. The van der Waals surface area contributed by atoms with E-state index in [0.29, 0.717) is 23.0 Å². The third kappa shape index (κ3) is 4.37. The van der Waals surface area contributed by atoms with E-state index in [1.54, 1.807) is 32.4 Å². The van der Waals surface area contributed by atoms with E-state index in [9.17, 15) is 8.42 Å². The number of hydrogen-bond acceptors (Lipinski definition) is 7. The molecule has 1 heterocycles. The molecule has 0 spiro atoms. The van der Waals surface area contributed by atoms with Crippen molar-refractivity contribution in [1.29, 1.82) is 0 Å². The Kier molecular flexibility index (Phi) is 6.25. The molecular formula is C24H24O7S. The predicted octanol–water partition coefficient (Wildman–Crippen LogP) is 4.22. The number of aryl methyl sites for hydroxylation is 1. The van der Waals surface area contributed by atoms with Gasteiger partial charge in [-0.15, -0.1) is 0 Å². The molecular weight excluding hydrogens is 432 g/mol. The third-order valence-electron chi connectivity index (χ3n) is 5.10. The summed E-state index contributed by atoms with van der Waals surface area (Å²) < 4.78 is 53.3. The van der Waals surface area contributed by atoms with Crippen molar-refractivity contribution in [3.8, 4) is 34.1 Å². The van der Waals surface area contributed by atoms with E-state index in [1.807, 2.05) is 37.3 Å². The molecule has 8 heteroatoms. The van der Waals surface area contributed by atoms with E-state index in [4.69, 9.17) is 23.1 Å². The molecule has 3 aromatic carbocycles. The Labute approximate surface area is 187 Å². The summed E-state index contributed by atoms with van der Waals surface area (Å²) in [5.74, 6) is 2.20. The summed E-state index contributed by atoms with van der Waals surface area (Å²) in [4.78, 5) is 0.0991. The van der Waals surface area contributed by atoms with Crippen LogP contribution in [0.15, 0.2) is 65.6 Å². The molecule has 0 amide bonds. The van der Waals surface area contributed by atoms with Crippen LogP contribution in [0.1, 0.15) is 5.56 Å². The second kappa shape index (κ2) is 9.10. The summed E-state index contributed by atoms with van der Waals surface area (Å²) in [6, 6.07) is 17.6. The number of methoxy groups -OCH3 is 2. The first-order valence-corrected chi connectivity index (χ1v) is 11.4. The monoisotopic (exact) mass is 456 g/mol. The van der Waals surface area contributed by atoms with Gasteiger partial charge < -0.3 is 18.9 Å². The van der Waals surface area contributed by atoms with Crippen LogP contribution < -0.4 is 18.9 Å². The van der Waals surface area contributed by atoms with E-state index >= 15 is 0 Å². The standard InChI is InChI=1S/C24H24O7S/c1-16-10-12-18(13-11-16)32(25,26)30-15-17-14-29-22-9-5-7-20(24(22)31-17)19-6-4-8-21(27-2)23(19)28-3/h4-13,17H,14-15H2,1-3H3. The van der Waals surface area contributed by atoms with Crippen molar-refractivity contribution < 1.29 is 31.5 Å². The fourth-order valence-electron chi connectivity index (χ4n) is 3.47. The lowest BCUT2D eigenvalue weighted by Crippen LogP contribution is -2.34. The Bertz CT molecular complexity index is 1200. The number of ether oxygens (including phenoxy) is 4. The molecule has 1 atom stereocenters. The van der Waals surface area contributed by atoms with Crippen molar-refractivity contribution in [3.63, 3.8) is 0 Å². The zero-order valence-corrected chi connectivity index (χ0v) is 18.8. The zero-order valence-electron chi connectivity index (χ0n) is 18.0. The largest absolute Gasteiger partial charge is 0.493 e. The van der Waals surface area contributed by atoms with Gasteiger partial charge in [-0.3, -0.25) is 4.18 Å². The number of fused-ring (bicyclic) bond motifs is 1. The van der Waals surface area contributed by atoms with Crippen LogP contribution in [0, 0.1) is 6.92 Å². The van der Waals surface area contributed by atoms with E-state index < -0.39 is 16.2 Å². The average Bonchev–Trinajstić information content (AvgIpc) is 2.82. The maximum Gasteiger partial charge on any atom is 0.297 e. The predicted molar refractivity (Wildman–Crippen MR) is 119 cm³/mol. The molecule has 0 N–H and O–H groups in total. The van der Waals surface area contributed by atoms with Crippen molar-refractivity contribution in [2.75, 3.05) is 27.4 Å². The number of rotatable bonds is 7. The van der Waals surface area contributed by atoms with E-state index in [0.717, 1.165) is 16.7 Å². The fraction of sp³-hybridized carbons (Fsp3) is 0.250. The Morgan fingerprint density at radius 2 is 1.66 bits per heavy atom. The van der Waals surface area contributed by atoms with Gasteiger partial charge in [-0.25, -0.2) is 0 Å². The van der Waals surface area contributed by atoms with Gasteiger partial charge >= 0.3 is 0 Å². The highest BCUT2D eigenvalue weighted by molar-refractivity contribution is 7.86. The average molecular weight is 457 g/mol. The van der Waals surface area contributed by atoms with Crippen LogP contribution >= 0.6 is 0 Å². The molecule has 32 heavy (non-hydrogen) atoms. The van der Waals surface area contributed by atoms with Gasteiger partial charge in [-0.1, -0.05) is 42.0 Å². The van der Waals surface area contributed by atoms with Crippen molar-refractivity contribution in [2.45, 2.75) is 17.9 Å². The van der Waals surface area contributed by atoms with Crippen LogP contribution in [-0.4, -0.2) is 42.0 Å². The first kappa shape index (κ1) is 22.0. The second-order valence-electron chi connectivity index (χ2n) is 7.28. The minimum absolute atomic E-state index is 0.0991. The highest BCUT2D eigenvalue weighted by Crippen LogP contribution is 2.46. The molecule has 0 fully saturated rings. The lowest BCUT2D eigenvalue weighted by atomic mass is 10.0. The lowest BCUT2D eigenvalue weighted by Gasteiger charge is -2.28. The quantitative estimate of drug-likeness (QED) is 0.492. The summed E-state index contributed by atoms with van der Waals surface area (Å²) >= 11 is 0. The van der Waals surface area contributed by atoms with Crippen LogP contribution in [0.5, 0.6) is 23.0 Å². The zero-order chi connectivity index (χ0) is 22.7. The molecule has 0 bridgehead atoms. The molecule has 0 saturated carbocycles. The third-order valence-corrected chi connectivity index (χ3v) is 6.40. The van der Waals surface area contributed by atoms with Gasteiger partial charge in [0.25, 0.3) is 10.1 Å². The Balaban J connectivity index is 1.58. The molecule has 0 aromatic heterocycles. The maximum atomic E-state index is 12.5. The first-order valence-electron chi connectivity index (χ1n) is 10.0. The smallest absolute Gasteiger partial charge is 0.297 e. The molecule has 0 aliphatic carbocycles. The summed E-state index contributed by atoms with van der Waals surface area (Å²) in [5, 5.41) is 0. The van der Waals surface area contributed by atoms with Gasteiger partial charge in [-0.05, 0) is 31.2 Å². The minimum Gasteiger partial charge on any atom is -0.493 e. The van der Waals surface area contributed by atoms with Crippen molar-refractivity contribution >= 4 is 10.1 Å². The van der Waals surface area contributed by atoms with Gasteiger partial charge in [-0.2, -0.15) is 8.42 Å². The fourth-order valence-corrected chi connectivity index (χ4v) is 4.40. The number of benzene rings is 3. The van der Waals surface area contributed by atoms with E-state index in [1.165, 1.54) is 12.1 Å². The number of hydrogen-bond donors (Lipinski definition) is 0. The van der Waals surface area contributed by atoms with Crippen LogP contribution in [0.2, 0.25) is 0 Å². The van der Waals surface area contributed by atoms with Gasteiger partial charge in [0.2, 0.25) is 0 Å². The van der Waals surface area contributed by atoms with Crippen LogP contribution in [-0.2, 0) is 14.3 Å². The van der Waals surface area contributed by atoms with E-state index in [2.05, 4.69) is 0 Å². The van der Waals surface area contributed by atoms with Crippen LogP contribution in [0.4, 0.5) is 0 Å². The first-order chi connectivity index (χ1) is 15.4. The normalized spacial score (nSPS) is 15.3. The molecule has 1 unspecified atom stereocenters.